The maximum Gasteiger partial charge on any atom is 0.254 e. The van der Waals surface area contributed by atoms with Crippen LogP contribution in [0.15, 0.2) is 24.3 Å². The molecule has 2 amide bonds. The van der Waals surface area contributed by atoms with Crippen LogP contribution < -0.4 is 0 Å². The van der Waals surface area contributed by atoms with Gasteiger partial charge in [0, 0.05) is 24.7 Å². The quantitative estimate of drug-likeness (QED) is 0.837. The van der Waals surface area contributed by atoms with Gasteiger partial charge in [-0.2, -0.15) is 0 Å². The standard InChI is InChI=1S/C21H28N2O2/c24-20(22-13-7-2-8-14-22)15-19-17-11-5-6-12-18(17)21(25)23(19)16-9-3-1-4-10-16/h5-6,11-12,16,19H,1-4,7-10,13-15H2. The molecule has 1 aliphatic carbocycles. The second kappa shape index (κ2) is 7.19. The number of carbonyl (C=O) groups is 2. The first-order chi connectivity index (χ1) is 12.3. The number of rotatable bonds is 3. The predicted octanol–water partition coefficient (Wildman–Crippen LogP) is 3.92. The van der Waals surface area contributed by atoms with Crippen LogP contribution in [0.1, 0.15) is 79.8 Å². The molecule has 134 valence electrons. The average Bonchev–Trinajstić information content (AvgIpc) is 2.95. The summed E-state index contributed by atoms with van der Waals surface area (Å²) in [6, 6.07) is 8.14. The van der Waals surface area contributed by atoms with Gasteiger partial charge in [0.15, 0.2) is 0 Å². The molecule has 1 unspecified atom stereocenters. The third kappa shape index (κ3) is 3.19. The van der Waals surface area contributed by atoms with Gasteiger partial charge in [-0.15, -0.1) is 0 Å². The van der Waals surface area contributed by atoms with Crippen LogP contribution in [0.25, 0.3) is 0 Å². The predicted molar refractivity (Wildman–Crippen MR) is 97.3 cm³/mol. The molecule has 1 atom stereocenters. The molecule has 0 radical (unpaired) electrons. The molecule has 1 saturated carbocycles. The summed E-state index contributed by atoms with van der Waals surface area (Å²) < 4.78 is 0. The average molecular weight is 340 g/mol. The highest BCUT2D eigenvalue weighted by Crippen LogP contribution is 2.40. The van der Waals surface area contributed by atoms with Crippen molar-refractivity contribution in [1.82, 2.24) is 9.80 Å². The summed E-state index contributed by atoms with van der Waals surface area (Å²) in [5.74, 6) is 0.356. The lowest BCUT2D eigenvalue weighted by Crippen LogP contribution is -2.42. The van der Waals surface area contributed by atoms with Gasteiger partial charge in [0.25, 0.3) is 5.91 Å². The number of fused-ring (bicyclic) bond motifs is 1. The molecular formula is C21H28N2O2. The van der Waals surface area contributed by atoms with Crippen molar-refractivity contribution in [2.45, 2.75) is 69.9 Å². The molecular weight excluding hydrogens is 312 g/mol. The first-order valence-electron chi connectivity index (χ1n) is 9.95. The smallest absolute Gasteiger partial charge is 0.254 e. The highest BCUT2D eigenvalue weighted by molar-refractivity contribution is 6.00. The molecule has 2 aliphatic heterocycles. The van der Waals surface area contributed by atoms with Crippen LogP contribution in [-0.2, 0) is 4.79 Å². The minimum Gasteiger partial charge on any atom is -0.343 e. The van der Waals surface area contributed by atoms with E-state index in [9.17, 15) is 9.59 Å². The van der Waals surface area contributed by atoms with E-state index in [2.05, 4.69) is 4.90 Å². The Morgan fingerprint density at radius 2 is 1.64 bits per heavy atom. The fourth-order valence-electron chi connectivity index (χ4n) is 4.84. The molecule has 1 aromatic carbocycles. The van der Waals surface area contributed by atoms with Crippen molar-refractivity contribution in [2.24, 2.45) is 0 Å². The lowest BCUT2D eigenvalue weighted by molar-refractivity contribution is -0.133. The fourth-order valence-corrected chi connectivity index (χ4v) is 4.84. The zero-order chi connectivity index (χ0) is 17.2. The molecule has 1 saturated heterocycles. The number of likely N-dealkylation sites (tertiary alicyclic amines) is 1. The lowest BCUT2D eigenvalue weighted by atomic mass is 9.92. The second-order valence-corrected chi connectivity index (χ2v) is 7.75. The van der Waals surface area contributed by atoms with E-state index in [0.717, 1.165) is 49.9 Å². The van der Waals surface area contributed by atoms with Crippen LogP contribution in [-0.4, -0.2) is 40.7 Å². The number of hydrogen-bond acceptors (Lipinski definition) is 2. The molecule has 4 nitrogen and oxygen atoms in total. The summed E-state index contributed by atoms with van der Waals surface area (Å²) in [4.78, 5) is 30.0. The number of carbonyl (C=O) groups excluding carboxylic acids is 2. The first-order valence-corrected chi connectivity index (χ1v) is 9.95. The van der Waals surface area contributed by atoms with Crippen molar-refractivity contribution < 1.29 is 9.59 Å². The van der Waals surface area contributed by atoms with Crippen molar-refractivity contribution in [3.63, 3.8) is 0 Å². The number of nitrogens with zero attached hydrogens (tertiary/aromatic N) is 2. The third-order valence-electron chi connectivity index (χ3n) is 6.17. The van der Waals surface area contributed by atoms with Gasteiger partial charge in [-0.05, 0) is 43.7 Å². The van der Waals surface area contributed by atoms with Gasteiger partial charge < -0.3 is 9.80 Å². The number of benzene rings is 1. The van der Waals surface area contributed by atoms with E-state index in [0.29, 0.717) is 12.5 Å². The van der Waals surface area contributed by atoms with Gasteiger partial charge in [0.05, 0.1) is 12.5 Å². The van der Waals surface area contributed by atoms with Gasteiger partial charge in [-0.1, -0.05) is 37.5 Å². The highest BCUT2D eigenvalue weighted by atomic mass is 16.2. The zero-order valence-electron chi connectivity index (χ0n) is 15.0. The van der Waals surface area contributed by atoms with E-state index in [-0.39, 0.29) is 17.9 Å². The van der Waals surface area contributed by atoms with Gasteiger partial charge in [0.1, 0.15) is 0 Å². The molecule has 4 rings (SSSR count). The Hall–Kier alpha value is -1.84. The van der Waals surface area contributed by atoms with Crippen LogP contribution in [0.2, 0.25) is 0 Å². The molecule has 2 fully saturated rings. The Morgan fingerprint density at radius 1 is 0.960 bits per heavy atom. The van der Waals surface area contributed by atoms with Crippen molar-refractivity contribution in [3.05, 3.63) is 35.4 Å². The zero-order valence-corrected chi connectivity index (χ0v) is 15.0. The summed E-state index contributed by atoms with van der Waals surface area (Å²) >= 11 is 0. The van der Waals surface area contributed by atoms with E-state index >= 15 is 0 Å². The van der Waals surface area contributed by atoms with Crippen LogP contribution >= 0.6 is 0 Å². The largest absolute Gasteiger partial charge is 0.343 e. The minimum atomic E-state index is -0.0683. The second-order valence-electron chi connectivity index (χ2n) is 7.75. The molecule has 1 aromatic rings. The van der Waals surface area contributed by atoms with E-state index in [1.807, 2.05) is 29.2 Å². The molecule has 3 aliphatic rings. The van der Waals surface area contributed by atoms with Crippen molar-refractivity contribution in [3.8, 4) is 0 Å². The summed E-state index contributed by atoms with van der Waals surface area (Å²) in [7, 11) is 0. The fraction of sp³-hybridized carbons (Fsp3) is 0.619. The molecule has 0 spiro atoms. The molecule has 0 aromatic heterocycles. The monoisotopic (exact) mass is 340 g/mol. The van der Waals surface area contributed by atoms with Gasteiger partial charge in [-0.25, -0.2) is 0 Å². The Kier molecular flexibility index (Phi) is 4.78. The Balaban J connectivity index is 1.59. The maximum atomic E-state index is 13.1. The molecule has 2 heterocycles. The van der Waals surface area contributed by atoms with Crippen LogP contribution in [0.4, 0.5) is 0 Å². The number of piperidine rings is 1. The molecule has 4 heteroatoms. The minimum absolute atomic E-state index is 0.0683. The van der Waals surface area contributed by atoms with E-state index in [1.165, 1.54) is 25.7 Å². The Morgan fingerprint density at radius 3 is 2.40 bits per heavy atom. The van der Waals surface area contributed by atoms with Crippen LogP contribution in [0, 0.1) is 0 Å². The summed E-state index contributed by atoms with van der Waals surface area (Å²) in [6.07, 6.45) is 9.69. The van der Waals surface area contributed by atoms with Crippen molar-refractivity contribution in [2.75, 3.05) is 13.1 Å². The molecule has 0 N–H and O–H groups in total. The van der Waals surface area contributed by atoms with Gasteiger partial charge in [0.2, 0.25) is 5.91 Å². The summed E-state index contributed by atoms with van der Waals surface area (Å²) in [6.45, 7) is 1.76. The topological polar surface area (TPSA) is 40.6 Å². The number of amides is 2. The number of hydrogen-bond donors (Lipinski definition) is 0. The third-order valence-corrected chi connectivity index (χ3v) is 6.17. The highest BCUT2D eigenvalue weighted by Gasteiger charge is 2.42. The van der Waals surface area contributed by atoms with Gasteiger partial charge >= 0.3 is 0 Å². The van der Waals surface area contributed by atoms with Crippen molar-refractivity contribution >= 4 is 11.8 Å². The normalized spacial score (nSPS) is 24.5. The summed E-state index contributed by atoms with van der Waals surface area (Å²) in [5.41, 5.74) is 1.87. The Bertz CT molecular complexity index is 645. The SMILES string of the molecule is O=C(CC1c2ccccc2C(=O)N1C1CCCCC1)N1CCCCC1. The van der Waals surface area contributed by atoms with Crippen LogP contribution in [0.3, 0.4) is 0 Å². The van der Waals surface area contributed by atoms with Gasteiger partial charge in [-0.3, -0.25) is 9.59 Å². The van der Waals surface area contributed by atoms with E-state index in [1.54, 1.807) is 0 Å². The molecule has 0 bridgehead atoms. The Labute approximate surface area is 150 Å². The lowest BCUT2D eigenvalue weighted by Gasteiger charge is -2.37. The van der Waals surface area contributed by atoms with E-state index < -0.39 is 0 Å². The molecule has 25 heavy (non-hydrogen) atoms. The van der Waals surface area contributed by atoms with Crippen LogP contribution in [0.5, 0.6) is 0 Å². The van der Waals surface area contributed by atoms with E-state index in [4.69, 9.17) is 0 Å². The first kappa shape index (κ1) is 16.6. The maximum absolute atomic E-state index is 13.1. The van der Waals surface area contributed by atoms with Crippen molar-refractivity contribution in [1.29, 1.82) is 0 Å². The summed E-state index contributed by atoms with van der Waals surface area (Å²) in [5, 5.41) is 0.